The van der Waals surface area contributed by atoms with Crippen molar-refractivity contribution in [3.63, 3.8) is 0 Å². The van der Waals surface area contributed by atoms with Gasteiger partial charge in [-0.15, -0.1) is 0 Å². The van der Waals surface area contributed by atoms with E-state index >= 15 is 0 Å². The monoisotopic (exact) mass is 708 g/mol. The van der Waals surface area contributed by atoms with Crippen LogP contribution in [0.5, 0.6) is 11.5 Å². The van der Waals surface area contributed by atoms with Gasteiger partial charge in [0.1, 0.15) is 24.1 Å². The van der Waals surface area contributed by atoms with Crippen LogP contribution in [-0.4, -0.2) is 23.2 Å². The highest BCUT2D eigenvalue weighted by Crippen LogP contribution is 2.36. The van der Waals surface area contributed by atoms with Gasteiger partial charge in [0.15, 0.2) is 4.80 Å². The standard InChI is InChI=1S/C34H33IN2O5S/c1-6-40-33(39)30-22(5)36-34-37(31(30)25-12-7-8-13-27(25)42-20(2)3)32(38)29(43-34)18-23-14-15-28(26(35)17-23)41-19-24-11-9-10-21(4)16-24/h7-18,20,31H,6,19H2,1-5H3/b29-18+/t31-/m1/s1. The predicted octanol–water partition coefficient (Wildman–Crippen LogP) is 6.08. The summed E-state index contributed by atoms with van der Waals surface area (Å²) in [6.07, 6.45) is 1.76. The lowest BCUT2D eigenvalue weighted by Crippen LogP contribution is -2.40. The first-order chi connectivity index (χ1) is 20.7. The zero-order valence-electron chi connectivity index (χ0n) is 24.7. The molecule has 5 rings (SSSR count). The van der Waals surface area contributed by atoms with E-state index in [2.05, 4.69) is 46.6 Å². The first-order valence-corrected chi connectivity index (χ1v) is 16.0. The number of carbonyl (C=O) groups is 1. The molecule has 0 unspecified atom stereocenters. The van der Waals surface area contributed by atoms with Gasteiger partial charge in [-0.05, 0) is 92.6 Å². The van der Waals surface area contributed by atoms with Gasteiger partial charge in [-0.2, -0.15) is 0 Å². The largest absolute Gasteiger partial charge is 0.491 e. The van der Waals surface area contributed by atoms with Gasteiger partial charge >= 0.3 is 5.97 Å². The number of hydrogen-bond acceptors (Lipinski definition) is 7. The Balaban J connectivity index is 1.56. The number of fused-ring (bicyclic) bond motifs is 1. The molecule has 1 aliphatic heterocycles. The van der Waals surface area contributed by atoms with Crippen molar-refractivity contribution in [2.24, 2.45) is 4.99 Å². The summed E-state index contributed by atoms with van der Waals surface area (Å²) in [7, 11) is 0. The molecule has 1 atom stereocenters. The summed E-state index contributed by atoms with van der Waals surface area (Å²) >= 11 is 3.54. The summed E-state index contributed by atoms with van der Waals surface area (Å²) in [5.74, 6) is 0.875. The Hall–Kier alpha value is -3.70. The third kappa shape index (κ3) is 6.78. The molecule has 0 aliphatic carbocycles. The molecule has 43 heavy (non-hydrogen) atoms. The number of thiazole rings is 1. The first kappa shape index (κ1) is 30.7. The molecule has 1 aromatic heterocycles. The van der Waals surface area contributed by atoms with Crippen molar-refractivity contribution >= 4 is 46.0 Å². The van der Waals surface area contributed by atoms with Gasteiger partial charge in [0, 0.05) is 5.56 Å². The van der Waals surface area contributed by atoms with Crippen LogP contribution in [0.15, 0.2) is 87.8 Å². The predicted molar refractivity (Wildman–Crippen MR) is 177 cm³/mol. The number of aryl methyl sites for hydroxylation is 1. The molecule has 222 valence electrons. The van der Waals surface area contributed by atoms with E-state index in [0.717, 1.165) is 20.4 Å². The Morgan fingerprint density at radius 3 is 2.58 bits per heavy atom. The van der Waals surface area contributed by atoms with Crippen LogP contribution < -0.4 is 24.4 Å². The highest BCUT2D eigenvalue weighted by molar-refractivity contribution is 14.1. The normalized spacial score (nSPS) is 14.9. The third-order valence-corrected chi connectivity index (χ3v) is 8.65. The van der Waals surface area contributed by atoms with Crippen molar-refractivity contribution in [3.05, 3.63) is 124 Å². The molecule has 0 spiro atoms. The number of esters is 1. The van der Waals surface area contributed by atoms with Crippen molar-refractivity contribution in [1.82, 2.24) is 4.57 Å². The van der Waals surface area contributed by atoms with Gasteiger partial charge in [0.05, 0.1) is 32.1 Å². The molecular formula is C34H33IN2O5S. The highest BCUT2D eigenvalue weighted by atomic mass is 127. The van der Waals surface area contributed by atoms with E-state index < -0.39 is 12.0 Å². The number of hydrogen-bond donors (Lipinski definition) is 0. The van der Waals surface area contributed by atoms with E-state index in [9.17, 15) is 9.59 Å². The molecule has 3 aromatic carbocycles. The van der Waals surface area contributed by atoms with E-state index in [1.807, 2.05) is 74.5 Å². The van der Waals surface area contributed by atoms with Crippen LogP contribution >= 0.6 is 33.9 Å². The maximum absolute atomic E-state index is 14.0. The van der Waals surface area contributed by atoms with Gasteiger partial charge in [-0.3, -0.25) is 9.36 Å². The van der Waals surface area contributed by atoms with Crippen molar-refractivity contribution < 1.29 is 19.0 Å². The SMILES string of the molecule is CCOC(=O)C1=C(C)N=c2s/c(=C/c3ccc(OCc4cccc(C)c4)c(I)c3)c(=O)n2[C@@H]1c1ccccc1OC(C)C. The van der Waals surface area contributed by atoms with Crippen LogP contribution in [0.3, 0.4) is 0 Å². The number of nitrogens with zero attached hydrogens (tertiary/aromatic N) is 2. The molecule has 2 heterocycles. The molecule has 0 radical (unpaired) electrons. The topological polar surface area (TPSA) is 79.1 Å². The van der Waals surface area contributed by atoms with Crippen LogP contribution in [0.25, 0.3) is 6.08 Å². The average Bonchev–Trinajstić information content (AvgIpc) is 3.26. The Bertz CT molecular complexity index is 1890. The Morgan fingerprint density at radius 1 is 1.07 bits per heavy atom. The summed E-state index contributed by atoms with van der Waals surface area (Å²) in [5.41, 5.74) is 4.45. The molecule has 0 bridgehead atoms. The van der Waals surface area contributed by atoms with Crippen LogP contribution in [0.1, 0.15) is 56.0 Å². The second-order valence-electron chi connectivity index (χ2n) is 10.5. The third-order valence-electron chi connectivity index (χ3n) is 6.82. The Labute approximate surface area is 268 Å². The molecular weight excluding hydrogens is 675 g/mol. The summed E-state index contributed by atoms with van der Waals surface area (Å²) < 4.78 is 20.7. The molecule has 4 aromatic rings. The van der Waals surface area contributed by atoms with E-state index in [0.29, 0.717) is 38.5 Å². The summed E-state index contributed by atoms with van der Waals surface area (Å²) in [5, 5.41) is 0. The zero-order chi connectivity index (χ0) is 30.7. The quantitative estimate of drug-likeness (QED) is 0.156. The fourth-order valence-corrected chi connectivity index (χ4v) is 6.73. The van der Waals surface area contributed by atoms with Crippen LogP contribution in [-0.2, 0) is 16.1 Å². The minimum Gasteiger partial charge on any atom is -0.491 e. The number of carbonyl (C=O) groups excluding carboxylic acids is 1. The number of benzene rings is 3. The molecule has 0 fully saturated rings. The van der Waals surface area contributed by atoms with Crippen LogP contribution in [0.4, 0.5) is 0 Å². The van der Waals surface area contributed by atoms with Crippen molar-refractivity contribution in [1.29, 1.82) is 0 Å². The number of halogens is 1. The van der Waals surface area contributed by atoms with Gasteiger partial charge in [0.25, 0.3) is 5.56 Å². The maximum Gasteiger partial charge on any atom is 0.338 e. The minimum atomic E-state index is -0.745. The number of allylic oxidation sites excluding steroid dienone is 1. The highest BCUT2D eigenvalue weighted by Gasteiger charge is 2.35. The number of rotatable bonds is 9. The fourth-order valence-electron chi connectivity index (χ4n) is 4.99. The number of aromatic nitrogens is 1. The molecule has 0 saturated heterocycles. The smallest absolute Gasteiger partial charge is 0.338 e. The summed E-state index contributed by atoms with van der Waals surface area (Å²) in [6.45, 7) is 10.2. The number of para-hydroxylation sites is 1. The maximum atomic E-state index is 14.0. The molecule has 7 nitrogen and oxygen atoms in total. The second-order valence-corrected chi connectivity index (χ2v) is 12.6. The minimum absolute atomic E-state index is 0.0978. The molecule has 0 N–H and O–H groups in total. The average molecular weight is 709 g/mol. The Kier molecular flexibility index (Phi) is 9.51. The Morgan fingerprint density at radius 2 is 1.86 bits per heavy atom. The van der Waals surface area contributed by atoms with Gasteiger partial charge in [-0.25, -0.2) is 9.79 Å². The summed E-state index contributed by atoms with van der Waals surface area (Å²) in [6, 6.07) is 20.8. The lowest BCUT2D eigenvalue weighted by Gasteiger charge is -2.26. The zero-order valence-corrected chi connectivity index (χ0v) is 27.7. The first-order valence-electron chi connectivity index (χ1n) is 14.1. The van der Waals surface area contributed by atoms with Crippen LogP contribution in [0, 0.1) is 10.5 Å². The summed E-state index contributed by atoms with van der Waals surface area (Å²) in [4.78, 5) is 32.5. The van der Waals surface area contributed by atoms with Gasteiger partial charge < -0.3 is 14.2 Å². The van der Waals surface area contributed by atoms with E-state index in [1.165, 1.54) is 16.9 Å². The lowest BCUT2D eigenvalue weighted by atomic mass is 9.95. The van der Waals surface area contributed by atoms with E-state index in [4.69, 9.17) is 14.2 Å². The lowest BCUT2D eigenvalue weighted by molar-refractivity contribution is -0.139. The second kappa shape index (κ2) is 13.3. The number of ether oxygens (including phenoxy) is 3. The van der Waals surface area contributed by atoms with E-state index in [1.54, 1.807) is 18.4 Å². The molecule has 0 saturated carbocycles. The van der Waals surface area contributed by atoms with E-state index in [-0.39, 0.29) is 18.3 Å². The van der Waals surface area contributed by atoms with Crippen molar-refractivity contribution in [3.8, 4) is 11.5 Å². The van der Waals surface area contributed by atoms with Crippen molar-refractivity contribution in [2.45, 2.75) is 53.4 Å². The molecule has 9 heteroatoms. The van der Waals surface area contributed by atoms with Gasteiger partial charge in [-0.1, -0.05) is 65.4 Å². The fraction of sp³-hybridized carbons (Fsp3) is 0.265. The molecule has 1 aliphatic rings. The van der Waals surface area contributed by atoms with Crippen LogP contribution in [0.2, 0.25) is 0 Å². The molecule has 0 amide bonds. The van der Waals surface area contributed by atoms with Crippen molar-refractivity contribution in [2.75, 3.05) is 6.61 Å². The van der Waals surface area contributed by atoms with Gasteiger partial charge in [0.2, 0.25) is 0 Å².